The molecule has 6 nitrogen and oxygen atoms in total. The molecule has 1 rings (SSSR count). The normalized spacial score (nSPS) is 18.3. The van der Waals surface area contributed by atoms with E-state index < -0.39 is 17.9 Å². The van der Waals surface area contributed by atoms with E-state index in [1.165, 1.54) is 0 Å². The Balaban J connectivity index is 2.48. The number of hydrogen-bond acceptors (Lipinski definition) is 3. The van der Waals surface area contributed by atoms with E-state index in [9.17, 15) is 9.59 Å². The first-order valence-electron chi connectivity index (χ1n) is 5.88. The average molecular weight is 244 g/mol. The monoisotopic (exact) mass is 244 g/mol. The molecule has 1 aliphatic rings. The quantitative estimate of drug-likeness (QED) is 0.625. The van der Waals surface area contributed by atoms with E-state index in [-0.39, 0.29) is 18.7 Å². The summed E-state index contributed by atoms with van der Waals surface area (Å²) in [7, 11) is 0. The topological polar surface area (TPSA) is 89.9 Å². The molecule has 0 spiro atoms. The number of urea groups is 1. The minimum Gasteiger partial charge on any atom is -0.481 e. The maximum absolute atomic E-state index is 11.9. The van der Waals surface area contributed by atoms with Gasteiger partial charge in [-0.25, -0.2) is 4.79 Å². The summed E-state index contributed by atoms with van der Waals surface area (Å²) in [6.07, 6.45) is 1.91. The van der Waals surface area contributed by atoms with Crippen molar-refractivity contribution < 1.29 is 19.8 Å². The Bertz CT molecular complexity index is 291. The number of nitrogens with one attached hydrogen (secondary N) is 1. The number of carbonyl (C=O) groups is 2. The van der Waals surface area contributed by atoms with Crippen LogP contribution >= 0.6 is 0 Å². The molecular formula is C11H20N2O4. The number of carboxylic acids is 1. The van der Waals surface area contributed by atoms with E-state index in [1.807, 2.05) is 0 Å². The van der Waals surface area contributed by atoms with Gasteiger partial charge in [0.25, 0.3) is 0 Å². The van der Waals surface area contributed by atoms with Crippen molar-refractivity contribution in [2.24, 2.45) is 5.92 Å². The van der Waals surface area contributed by atoms with E-state index in [0.29, 0.717) is 6.54 Å². The number of hydrogen-bond donors (Lipinski definition) is 3. The molecule has 17 heavy (non-hydrogen) atoms. The first-order chi connectivity index (χ1) is 7.97. The highest BCUT2D eigenvalue weighted by Crippen LogP contribution is 2.26. The highest BCUT2D eigenvalue weighted by molar-refractivity contribution is 5.77. The third-order valence-corrected chi connectivity index (χ3v) is 3.08. The summed E-state index contributed by atoms with van der Waals surface area (Å²) in [5, 5.41) is 20.4. The fourth-order valence-corrected chi connectivity index (χ4v) is 1.56. The lowest BCUT2D eigenvalue weighted by molar-refractivity contribution is -0.141. The van der Waals surface area contributed by atoms with Crippen LogP contribution in [0.2, 0.25) is 0 Å². The maximum Gasteiger partial charge on any atom is 0.317 e. The van der Waals surface area contributed by atoms with Gasteiger partial charge in [-0.05, 0) is 26.7 Å². The Morgan fingerprint density at radius 2 is 2.00 bits per heavy atom. The second-order valence-electron chi connectivity index (χ2n) is 4.51. The molecule has 2 atom stereocenters. The summed E-state index contributed by atoms with van der Waals surface area (Å²) in [6.45, 7) is 3.44. The minimum absolute atomic E-state index is 0.0766. The van der Waals surface area contributed by atoms with E-state index >= 15 is 0 Å². The molecule has 2 unspecified atom stereocenters. The van der Waals surface area contributed by atoms with Gasteiger partial charge in [-0.2, -0.15) is 0 Å². The molecule has 0 bridgehead atoms. The Labute approximate surface area is 101 Å². The number of carboxylic acid groups (broad SMARTS) is 1. The maximum atomic E-state index is 11.9. The van der Waals surface area contributed by atoms with Crippen molar-refractivity contribution in [3.05, 3.63) is 0 Å². The number of nitrogens with zero attached hydrogens (tertiary/aromatic N) is 1. The lowest BCUT2D eigenvalue weighted by Gasteiger charge is -2.25. The molecule has 0 aromatic carbocycles. The van der Waals surface area contributed by atoms with Crippen LogP contribution in [0.3, 0.4) is 0 Å². The van der Waals surface area contributed by atoms with Gasteiger partial charge in [0.15, 0.2) is 0 Å². The van der Waals surface area contributed by atoms with Crippen molar-refractivity contribution in [3.63, 3.8) is 0 Å². The van der Waals surface area contributed by atoms with Crippen molar-refractivity contribution >= 4 is 12.0 Å². The molecule has 0 aromatic rings. The van der Waals surface area contributed by atoms with Crippen LogP contribution in [0.15, 0.2) is 0 Å². The van der Waals surface area contributed by atoms with E-state index in [1.54, 1.807) is 18.7 Å². The van der Waals surface area contributed by atoms with Gasteiger partial charge < -0.3 is 20.4 Å². The molecule has 0 heterocycles. The van der Waals surface area contributed by atoms with E-state index in [4.69, 9.17) is 10.2 Å². The van der Waals surface area contributed by atoms with Gasteiger partial charge in [0.1, 0.15) is 0 Å². The fourth-order valence-electron chi connectivity index (χ4n) is 1.56. The van der Waals surface area contributed by atoms with Crippen LogP contribution in [-0.4, -0.2) is 52.3 Å². The molecular weight excluding hydrogens is 224 g/mol. The Morgan fingerprint density at radius 3 is 2.41 bits per heavy atom. The predicted molar refractivity (Wildman–Crippen MR) is 61.6 cm³/mol. The lowest BCUT2D eigenvalue weighted by atomic mass is 10.0. The first kappa shape index (κ1) is 13.8. The van der Waals surface area contributed by atoms with Gasteiger partial charge >= 0.3 is 12.0 Å². The van der Waals surface area contributed by atoms with Gasteiger partial charge in [0, 0.05) is 18.6 Å². The first-order valence-corrected chi connectivity index (χ1v) is 5.88. The molecule has 1 saturated carbocycles. The van der Waals surface area contributed by atoms with E-state index in [0.717, 1.165) is 12.8 Å². The van der Waals surface area contributed by atoms with Crippen LogP contribution < -0.4 is 5.32 Å². The SMILES string of the molecule is CC(NC(=O)N(CCO)C1CC1)C(C)C(=O)O. The van der Waals surface area contributed by atoms with Crippen molar-refractivity contribution in [2.45, 2.75) is 38.8 Å². The van der Waals surface area contributed by atoms with Crippen LogP contribution in [0, 0.1) is 5.92 Å². The fraction of sp³-hybridized carbons (Fsp3) is 0.818. The van der Waals surface area contributed by atoms with Gasteiger partial charge in [0.05, 0.1) is 12.5 Å². The molecule has 2 amide bonds. The largest absolute Gasteiger partial charge is 0.481 e. The van der Waals surface area contributed by atoms with Crippen LogP contribution in [-0.2, 0) is 4.79 Å². The zero-order valence-corrected chi connectivity index (χ0v) is 10.2. The lowest BCUT2D eigenvalue weighted by Crippen LogP contribution is -2.48. The minimum atomic E-state index is -0.932. The van der Waals surface area contributed by atoms with Gasteiger partial charge in [-0.3, -0.25) is 4.79 Å². The zero-order valence-electron chi connectivity index (χ0n) is 10.2. The van der Waals surface area contributed by atoms with Crippen molar-refractivity contribution in [2.75, 3.05) is 13.2 Å². The molecule has 6 heteroatoms. The Morgan fingerprint density at radius 1 is 1.41 bits per heavy atom. The van der Waals surface area contributed by atoms with Gasteiger partial charge in [-0.15, -0.1) is 0 Å². The Hall–Kier alpha value is -1.30. The standard InChI is InChI=1S/C11H20N2O4/c1-7(10(15)16)8(2)12-11(17)13(5-6-14)9-3-4-9/h7-9,14H,3-6H2,1-2H3,(H,12,17)(H,15,16). The van der Waals surface area contributed by atoms with Crippen LogP contribution in [0.25, 0.3) is 0 Å². The highest BCUT2D eigenvalue weighted by Gasteiger charge is 2.33. The highest BCUT2D eigenvalue weighted by atomic mass is 16.4. The summed E-state index contributed by atoms with van der Waals surface area (Å²) in [5.74, 6) is -1.56. The Kier molecular flexibility index (Phi) is 4.74. The predicted octanol–water partition coefficient (Wildman–Crippen LogP) is 0.262. The van der Waals surface area contributed by atoms with Crippen molar-refractivity contribution in [1.82, 2.24) is 10.2 Å². The summed E-state index contributed by atoms with van der Waals surface area (Å²) in [4.78, 5) is 24.2. The number of carbonyl (C=O) groups excluding carboxylic acids is 1. The number of rotatable bonds is 6. The van der Waals surface area contributed by atoms with Crippen molar-refractivity contribution in [3.8, 4) is 0 Å². The number of aliphatic hydroxyl groups excluding tert-OH is 1. The third kappa shape index (κ3) is 3.89. The number of amides is 2. The number of aliphatic hydroxyl groups is 1. The molecule has 0 saturated heterocycles. The molecule has 0 aromatic heterocycles. The van der Waals surface area contributed by atoms with Crippen LogP contribution in [0.4, 0.5) is 4.79 Å². The molecule has 98 valence electrons. The molecule has 0 radical (unpaired) electrons. The summed E-state index contributed by atoms with van der Waals surface area (Å²) >= 11 is 0. The zero-order chi connectivity index (χ0) is 13.0. The summed E-state index contributed by atoms with van der Waals surface area (Å²) in [5.41, 5.74) is 0. The molecule has 1 aliphatic carbocycles. The van der Waals surface area contributed by atoms with Crippen LogP contribution in [0.1, 0.15) is 26.7 Å². The van der Waals surface area contributed by atoms with E-state index in [2.05, 4.69) is 5.32 Å². The molecule has 3 N–H and O–H groups in total. The summed E-state index contributed by atoms with van der Waals surface area (Å²) < 4.78 is 0. The number of aliphatic carboxylic acids is 1. The second kappa shape index (κ2) is 5.86. The molecule has 1 fully saturated rings. The smallest absolute Gasteiger partial charge is 0.317 e. The van der Waals surface area contributed by atoms with Gasteiger partial charge in [-0.1, -0.05) is 0 Å². The van der Waals surface area contributed by atoms with Gasteiger partial charge in [0.2, 0.25) is 0 Å². The molecule has 0 aliphatic heterocycles. The second-order valence-corrected chi connectivity index (χ2v) is 4.51. The van der Waals surface area contributed by atoms with Crippen LogP contribution in [0.5, 0.6) is 0 Å². The third-order valence-electron chi connectivity index (χ3n) is 3.08. The van der Waals surface area contributed by atoms with Crippen molar-refractivity contribution in [1.29, 1.82) is 0 Å². The summed E-state index contributed by atoms with van der Waals surface area (Å²) in [6, 6.07) is -0.517. The average Bonchev–Trinajstić information content (AvgIpc) is 3.08.